The summed E-state index contributed by atoms with van der Waals surface area (Å²) in [5.41, 5.74) is 4.02. The van der Waals surface area contributed by atoms with Crippen LogP contribution in [-0.4, -0.2) is 13.7 Å². The van der Waals surface area contributed by atoms with Crippen molar-refractivity contribution in [1.29, 1.82) is 0 Å². The van der Waals surface area contributed by atoms with Crippen LogP contribution in [-0.2, 0) is 6.42 Å². The minimum atomic E-state index is 0.161. The van der Waals surface area contributed by atoms with Gasteiger partial charge in [-0.15, -0.1) is 0 Å². The molecule has 1 aliphatic heterocycles. The Morgan fingerprint density at radius 3 is 2.52 bits per heavy atom. The molecule has 0 bridgehead atoms. The van der Waals surface area contributed by atoms with Crippen molar-refractivity contribution in [1.82, 2.24) is 0 Å². The minimum absolute atomic E-state index is 0.161. The van der Waals surface area contributed by atoms with Crippen LogP contribution in [0.25, 0.3) is 0 Å². The molecule has 1 saturated carbocycles. The van der Waals surface area contributed by atoms with E-state index in [9.17, 15) is 0 Å². The zero-order valence-electron chi connectivity index (χ0n) is 13.5. The van der Waals surface area contributed by atoms with E-state index in [-0.39, 0.29) is 6.04 Å². The number of methoxy groups -OCH3 is 1. The van der Waals surface area contributed by atoms with Crippen molar-refractivity contribution in [3.05, 3.63) is 59.7 Å². The molecule has 1 unspecified atom stereocenters. The van der Waals surface area contributed by atoms with Crippen LogP contribution < -0.4 is 9.64 Å². The van der Waals surface area contributed by atoms with Gasteiger partial charge in [0.25, 0.3) is 0 Å². The maximum Gasteiger partial charge on any atom is 0.119 e. The van der Waals surface area contributed by atoms with Crippen molar-refractivity contribution in [3.63, 3.8) is 0 Å². The number of hydrogen-bond donors (Lipinski definition) is 0. The predicted octanol–water partition coefficient (Wildman–Crippen LogP) is 4.21. The molecule has 1 atom stereocenters. The van der Waals surface area contributed by atoms with E-state index < -0.39 is 0 Å². The number of benzene rings is 2. The maximum atomic E-state index is 5.28. The summed E-state index contributed by atoms with van der Waals surface area (Å²) >= 11 is 0. The predicted molar refractivity (Wildman–Crippen MR) is 93.7 cm³/mol. The van der Waals surface area contributed by atoms with Gasteiger partial charge in [-0.05, 0) is 54.7 Å². The molecule has 0 saturated heterocycles. The molecule has 4 rings (SSSR count). The Hall–Kier alpha value is -2.40. The number of anilines is 1. The Labute approximate surface area is 138 Å². The van der Waals surface area contributed by atoms with Gasteiger partial charge in [0, 0.05) is 18.2 Å². The first-order valence-corrected chi connectivity index (χ1v) is 8.35. The van der Waals surface area contributed by atoms with Crippen LogP contribution in [0.1, 0.15) is 30.0 Å². The highest BCUT2D eigenvalue weighted by molar-refractivity contribution is 5.56. The molecule has 0 aromatic heterocycles. The molecule has 0 radical (unpaired) electrons. The van der Waals surface area contributed by atoms with Crippen LogP contribution in [0.3, 0.4) is 0 Å². The summed E-state index contributed by atoms with van der Waals surface area (Å²) in [5, 5.41) is 0. The van der Waals surface area contributed by atoms with E-state index in [1.165, 1.54) is 29.7 Å². The molecule has 2 aliphatic rings. The van der Waals surface area contributed by atoms with Crippen molar-refractivity contribution >= 4 is 5.69 Å². The largest absolute Gasteiger partial charge is 0.497 e. The highest BCUT2D eigenvalue weighted by atomic mass is 16.5. The Morgan fingerprint density at radius 1 is 1.00 bits per heavy atom. The van der Waals surface area contributed by atoms with Crippen molar-refractivity contribution in [2.24, 2.45) is 5.92 Å². The second-order valence-corrected chi connectivity index (χ2v) is 6.31. The first-order valence-electron chi connectivity index (χ1n) is 8.35. The standard InChI is InChI=1S/C21H21NO/c1-23-19-11-9-18(10-12-19)22-15-14-17-4-2-3-5-20(17)21(22)13-8-16-6-7-16/h2-5,9-12,16,21H,6-7,14-15H2,1H3. The Bertz CT molecular complexity index is 749. The molecule has 2 aromatic rings. The molecular formula is C21H21NO. The van der Waals surface area contributed by atoms with Crippen molar-refractivity contribution in [2.45, 2.75) is 25.3 Å². The third-order valence-electron chi connectivity index (χ3n) is 4.69. The average Bonchev–Trinajstić information content (AvgIpc) is 3.44. The topological polar surface area (TPSA) is 12.5 Å². The summed E-state index contributed by atoms with van der Waals surface area (Å²) in [6.45, 7) is 1.01. The van der Waals surface area contributed by atoms with E-state index in [0.717, 1.165) is 18.7 Å². The van der Waals surface area contributed by atoms with Crippen LogP contribution in [0.4, 0.5) is 5.69 Å². The minimum Gasteiger partial charge on any atom is -0.497 e. The lowest BCUT2D eigenvalue weighted by molar-refractivity contribution is 0.415. The Morgan fingerprint density at radius 2 is 1.78 bits per heavy atom. The van der Waals surface area contributed by atoms with E-state index in [0.29, 0.717) is 5.92 Å². The van der Waals surface area contributed by atoms with Gasteiger partial charge in [0.05, 0.1) is 7.11 Å². The maximum absolute atomic E-state index is 5.28. The Kier molecular flexibility index (Phi) is 3.71. The van der Waals surface area contributed by atoms with Gasteiger partial charge in [0.15, 0.2) is 0 Å². The number of ether oxygens (including phenoxy) is 1. The number of fused-ring (bicyclic) bond motifs is 1. The first kappa shape index (κ1) is 14.2. The fraction of sp³-hybridized carbons (Fsp3) is 0.333. The highest BCUT2D eigenvalue weighted by Gasteiger charge is 2.27. The van der Waals surface area contributed by atoms with E-state index in [2.05, 4.69) is 53.1 Å². The van der Waals surface area contributed by atoms with Gasteiger partial charge in [-0.3, -0.25) is 0 Å². The molecule has 0 amide bonds. The lowest BCUT2D eigenvalue weighted by Gasteiger charge is -2.36. The van der Waals surface area contributed by atoms with Gasteiger partial charge in [0.1, 0.15) is 11.8 Å². The van der Waals surface area contributed by atoms with Crippen LogP contribution in [0.15, 0.2) is 48.5 Å². The fourth-order valence-corrected chi connectivity index (χ4v) is 3.20. The normalized spacial score (nSPS) is 19.5. The van der Waals surface area contributed by atoms with Crippen LogP contribution >= 0.6 is 0 Å². The molecule has 0 spiro atoms. The van der Waals surface area contributed by atoms with Gasteiger partial charge >= 0.3 is 0 Å². The third kappa shape index (κ3) is 2.92. The van der Waals surface area contributed by atoms with Crippen molar-refractivity contribution < 1.29 is 4.74 Å². The lowest BCUT2D eigenvalue weighted by atomic mass is 9.92. The number of hydrogen-bond acceptors (Lipinski definition) is 2. The zero-order chi connectivity index (χ0) is 15.6. The monoisotopic (exact) mass is 303 g/mol. The van der Waals surface area contributed by atoms with Crippen LogP contribution in [0.5, 0.6) is 5.75 Å². The van der Waals surface area contributed by atoms with Crippen molar-refractivity contribution in [2.75, 3.05) is 18.6 Å². The molecular weight excluding hydrogens is 282 g/mol. The number of nitrogens with zero attached hydrogens (tertiary/aromatic N) is 1. The quantitative estimate of drug-likeness (QED) is 0.771. The van der Waals surface area contributed by atoms with Gasteiger partial charge in [-0.1, -0.05) is 36.1 Å². The van der Waals surface area contributed by atoms with E-state index in [1.54, 1.807) is 7.11 Å². The molecule has 2 nitrogen and oxygen atoms in total. The van der Waals surface area contributed by atoms with Gasteiger partial charge in [-0.2, -0.15) is 0 Å². The van der Waals surface area contributed by atoms with Gasteiger partial charge in [-0.25, -0.2) is 0 Å². The summed E-state index contributed by atoms with van der Waals surface area (Å²) in [6.07, 6.45) is 3.61. The second kappa shape index (κ2) is 6.01. The van der Waals surface area contributed by atoms with Gasteiger partial charge in [0.2, 0.25) is 0 Å². The zero-order valence-corrected chi connectivity index (χ0v) is 13.5. The third-order valence-corrected chi connectivity index (χ3v) is 4.69. The summed E-state index contributed by atoms with van der Waals surface area (Å²) in [5.74, 6) is 8.56. The van der Waals surface area contributed by atoms with Crippen molar-refractivity contribution in [3.8, 4) is 17.6 Å². The van der Waals surface area contributed by atoms with Crippen LogP contribution in [0.2, 0.25) is 0 Å². The molecule has 0 N–H and O–H groups in total. The highest BCUT2D eigenvalue weighted by Crippen LogP contribution is 2.35. The average molecular weight is 303 g/mol. The molecule has 2 aromatic carbocycles. The summed E-state index contributed by atoms with van der Waals surface area (Å²) in [7, 11) is 1.70. The summed E-state index contributed by atoms with van der Waals surface area (Å²) in [6, 6.07) is 17.2. The number of rotatable bonds is 2. The Balaban J connectivity index is 1.71. The second-order valence-electron chi connectivity index (χ2n) is 6.31. The van der Waals surface area contributed by atoms with E-state index in [4.69, 9.17) is 4.74 Å². The fourth-order valence-electron chi connectivity index (χ4n) is 3.20. The van der Waals surface area contributed by atoms with Gasteiger partial charge < -0.3 is 9.64 Å². The molecule has 1 heterocycles. The molecule has 1 aliphatic carbocycles. The molecule has 116 valence electrons. The first-order chi connectivity index (χ1) is 11.3. The smallest absolute Gasteiger partial charge is 0.119 e. The lowest BCUT2D eigenvalue weighted by Crippen LogP contribution is -2.34. The van der Waals surface area contributed by atoms with E-state index >= 15 is 0 Å². The molecule has 1 fully saturated rings. The molecule has 23 heavy (non-hydrogen) atoms. The summed E-state index contributed by atoms with van der Waals surface area (Å²) in [4.78, 5) is 2.43. The van der Waals surface area contributed by atoms with Crippen LogP contribution in [0, 0.1) is 17.8 Å². The summed E-state index contributed by atoms with van der Waals surface area (Å²) < 4.78 is 5.28. The van der Waals surface area contributed by atoms with E-state index in [1.807, 2.05) is 12.1 Å². The molecule has 2 heteroatoms. The SMILES string of the molecule is COc1ccc(N2CCc3ccccc3C2C#CC2CC2)cc1.